The molecule has 0 spiro atoms. The number of hydrogen-bond donors (Lipinski definition) is 2. The van der Waals surface area contributed by atoms with Crippen molar-refractivity contribution < 1.29 is 24.2 Å². The minimum absolute atomic E-state index is 0.0469. The van der Waals surface area contributed by atoms with E-state index in [0.717, 1.165) is 49.0 Å². The molecule has 1 heterocycles. The van der Waals surface area contributed by atoms with Crippen molar-refractivity contribution in [3.05, 3.63) is 28.2 Å². The van der Waals surface area contributed by atoms with Crippen LogP contribution in [0, 0.1) is 23.7 Å². The summed E-state index contributed by atoms with van der Waals surface area (Å²) in [5.41, 5.74) is 1.49. The molecule has 1 aromatic heterocycles. The SMILES string of the molecule is CCCOC(=O)c1c(NC(=O)[C@H]2[C@H](C(=O)O)[C@@H]3C=C[C@H]2C3)sc2c1CCCCC2. The minimum Gasteiger partial charge on any atom is -0.481 e. The Morgan fingerprint density at radius 1 is 1.14 bits per heavy atom. The number of hydrogen-bond acceptors (Lipinski definition) is 5. The number of amides is 1. The molecule has 7 heteroatoms. The van der Waals surface area contributed by atoms with Gasteiger partial charge in [0.25, 0.3) is 0 Å². The van der Waals surface area contributed by atoms with Crippen LogP contribution in [0.2, 0.25) is 0 Å². The molecule has 2 N–H and O–H groups in total. The van der Waals surface area contributed by atoms with Crippen molar-refractivity contribution in [3.63, 3.8) is 0 Å². The van der Waals surface area contributed by atoms with Crippen LogP contribution in [0.15, 0.2) is 12.2 Å². The van der Waals surface area contributed by atoms with Gasteiger partial charge in [0.15, 0.2) is 0 Å². The molecular weight excluding hydrogens is 390 g/mol. The Bertz CT molecular complexity index is 858. The second kappa shape index (κ2) is 8.30. The Kier molecular flexibility index (Phi) is 5.76. The molecule has 0 saturated heterocycles. The fourth-order valence-corrected chi connectivity index (χ4v) is 6.31. The summed E-state index contributed by atoms with van der Waals surface area (Å²) < 4.78 is 5.41. The zero-order valence-corrected chi connectivity index (χ0v) is 17.4. The molecule has 0 unspecified atom stereocenters. The Hall–Kier alpha value is -2.15. The minimum atomic E-state index is -0.924. The van der Waals surface area contributed by atoms with Gasteiger partial charge in [0.2, 0.25) is 5.91 Å². The van der Waals surface area contributed by atoms with E-state index in [-0.39, 0.29) is 23.7 Å². The summed E-state index contributed by atoms with van der Waals surface area (Å²) in [6.07, 6.45) is 10.3. The van der Waals surface area contributed by atoms with Crippen LogP contribution in [0.3, 0.4) is 0 Å². The van der Waals surface area contributed by atoms with Crippen LogP contribution in [0.4, 0.5) is 5.00 Å². The number of fused-ring (bicyclic) bond motifs is 3. The quantitative estimate of drug-likeness (QED) is 0.414. The predicted molar refractivity (Wildman–Crippen MR) is 110 cm³/mol. The number of carbonyl (C=O) groups is 3. The maximum Gasteiger partial charge on any atom is 0.341 e. The highest BCUT2D eigenvalue weighted by Gasteiger charge is 2.51. The molecule has 0 aromatic carbocycles. The van der Waals surface area contributed by atoms with Gasteiger partial charge in [-0.15, -0.1) is 11.3 Å². The first kappa shape index (κ1) is 20.1. The van der Waals surface area contributed by atoms with Gasteiger partial charge in [-0.25, -0.2) is 4.79 Å². The van der Waals surface area contributed by atoms with Gasteiger partial charge in [0.1, 0.15) is 5.00 Å². The van der Waals surface area contributed by atoms with E-state index in [9.17, 15) is 19.5 Å². The number of carbonyl (C=O) groups excluding carboxylic acids is 2. The molecule has 0 aliphatic heterocycles. The molecule has 4 rings (SSSR count). The first-order chi connectivity index (χ1) is 14.0. The van der Waals surface area contributed by atoms with E-state index in [0.29, 0.717) is 23.6 Å². The zero-order chi connectivity index (χ0) is 20.5. The molecule has 1 saturated carbocycles. The Balaban J connectivity index is 1.62. The molecule has 0 radical (unpaired) electrons. The Morgan fingerprint density at radius 2 is 1.86 bits per heavy atom. The number of allylic oxidation sites excluding steroid dienone is 2. The Labute approximate surface area is 174 Å². The summed E-state index contributed by atoms with van der Waals surface area (Å²) in [5.74, 6) is -3.02. The van der Waals surface area contributed by atoms with Crippen LogP contribution >= 0.6 is 11.3 Å². The molecule has 3 aliphatic rings. The third-order valence-electron chi connectivity index (χ3n) is 6.35. The highest BCUT2D eigenvalue weighted by Crippen LogP contribution is 2.49. The van der Waals surface area contributed by atoms with Crippen LogP contribution < -0.4 is 5.32 Å². The second-order valence-corrected chi connectivity index (χ2v) is 9.34. The average molecular weight is 418 g/mol. The topological polar surface area (TPSA) is 92.7 Å². The van der Waals surface area contributed by atoms with Crippen LogP contribution in [0.1, 0.15) is 59.8 Å². The number of anilines is 1. The molecule has 3 aliphatic carbocycles. The van der Waals surface area contributed by atoms with Crippen molar-refractivity contribution in [1.82, 2.24) is 0 Å². The van der Waals surface area contributed by atoms with Crippen molar-refractivity contribution in [2.75, 3.05) is 11.9 Å². The monoisotopic (exact) mass is 417 g/mol. The van der Waals surface area contributed by atoms with Gasteiger partial charge >= 0.3 is 11.9 Å². The van der Waals surface area contributed by atoms with E-state index in [4.69, 9.17) is 4.74 Å². The van der Waals surface area contributed by atoms with Crippen molar-refractivity contribution in [2.45, 2.75) is 51.9 Å². The summed E-state index contributed by atoms with van der Waals surface area (Å²) in [4.78, 5) is 38.8. The molecule has 1 fully saturated rings. The molecular formula is C22H27NO5S. The average Bonchev–Trinajstić information content (AvgIpc) is 3.35. The summed E-state index contributed by atoms with van der Waals surface area (Å²) >= 11 is 1.46. The first-order valence-corrected chi connectivity index (χ1v) is 11.4. The van der Waals surface area contributed by atoms with Crippen molar-refractivity contribution in [3.8, 4) is 0 Å². The van der Waals surface area contributed by atoms with Crippen LogP contribution in [0.25, 0.3) is 0 Å². The third kappa shape index (κ3) is 3.72. The largest absolute Gasteiger partial charge is 0.481 e. The van der Waals surface area contributed by atoms with Crippen LogP contribution in [0.5, 0.6) is 0 Å². The lowest BCUT2D eigenvalue weighted by molar-refractivity contribution is -0.146. The molecule has 156 valence electrons. The zero-order valence-electron chi connectivity index (χ0n) is 16.6. The third-order valence-corrected chi connectivity index (χ3v) is 7.55. The highest BCUT2D eigenvalue weighted by atomic mass is 32.1. The number of esters is 1. The standard InChI is InChI=1S/C22H27NO5S/c1-2-10-28-22(27)18-14-6-4-3-5-7-15(14)29-20(18)23-19(24)16-12-8-9-13(11-12)17(16)21(25)26/h8-9,12-13,16-17H,2-7,10-11H2,1H3,(H,23,24)(H,25,26)/t12-,13+,16+,17+/m0/s1. The number of rotatable bonds is 6. The lowest BCUT2D eigenvalue weighted by atomic mass is 9.82. The van der Waals surface area contributed by atoms with E-state index >= 15 is 0 Å². The van der Waals surface area contributed by atoms with Gasteiger partial charge in [0.05, 0.1) is 24.0 Å². The smallest absolute Gasteiger partial charge is 0.341 e. The molecule has 1 amide bonds. The molecule has 6 nitrogen and oxygen atoms in total. The number of aryl methyl sites for hydroxylation is 1. The maximum absolute atomic E-state index is 13.1. The van der Waals surface area contributed by atoms with E-state index in [1.807, 2.05) is 19.1 Å². The van der Waals surface area contributed by atoms with Gasteiger partial charge in [-0.05, 0) is 55.9 Å². The van der Waals surface area contributed by atoms with E-state index in [1.165, 1.54) is 11.3 Å². The number of thiophene rings is 1. The van der Waals surface area contributed by atoms with E-state index in [2.05, 4.69) is 5.32 Å². The molecule has 4 atom stereocenters. The van der Waals surface area contributed by atoms with Crippen LogP contribution in [-0.2, 0) is 27.2 Å². The number of carboxylic acids is 1. The first-order valence-electron chi connectivity index (χ1n) is 10.5. The van der Waals surface area contributed by atoms with Gasteiger partial charge in [-0.1, -0.05) is 25.5 Å². The number of carboxylic acid groups (broad SMARTS) is 1. The highest BCUT2D eigenvalue weighted by molar-refractivity contribution is 7.17. The van der Waals surface area contributed by atoms with Gasteiger partial charge in [-0.3, -0.25) is 9.59 Å². The van der Waals surface area contributed by atoms with Gasteiger partial charge < -0.3 is 15.2 Å². The van der Waals surface area contributed by atoms with E-state index in [1.54, 1.807) is 0 Å². The fraction of sp³-hybridized carbons (Fsp3) is 0.591. The van der Waals surface area contributed by atoms with Crippen LogP contribution in [-0.4, -0.2) is 29.6 Å². The summed E-state index contributed by atoms with van der Waals surface area (Å²) in [7, 11) is 0. The van der Waals surface area contributed by atoms with Crippen molar-refractivity contribution in [1.29, 1.82) is 0 Å². The molecule has 2 bridgehead atoms. The lowest BCUT2D eigenvalue weighted by Gasteiger charge is -2.23. The number of nitrogens with one attached hydrogen (secondary N) is 1. The summed E-state index contributed by atoms with van der Waals surface area (Å²) in [6, 6.07) is 0. The number of aliphatic carboxylic acids is 1. The molecule has 1 aromatic rings. The van der Waals surface area contributed by atoms with Gasteiger partial charge in [-0.2, -0.15) is 0 Å². The maximum atomic E-state index is 13.1. The second-order valence-electron chi connectivity index (χ2n) is 8.23. The van der Waals surface area contributed by atoms with Gasteiger partial charge in [0, 0.05) is 4.88 Å². The normalized spacial score (nSPS) is 27.3. The summed E-state index contributed by atoms with van der Waals surface area (Å²) in [5, 5.41) is 13.1. The lowest BCUT2D eigenvalue weighted by Crippen LogP contribution is -2.36. The number of ether oxygens (including phenoxy) is 1. The Morgan fingerprint density at radius 3 is 2.59 bits per heavy atom. The predicted octanol–water partition coefficient (Wildman–Crippen LogP) is 4.05. The summed E-state index contributed by atoms with van der Waals surface area (Å²) in [6.45, 7) is 2.29. The van der Waals surface area contributed by atoms with Crippen molar-refractivity contribution >= 4 is 34.2 Å². The van der Waals surface area contributed by atoms with E-state index < -0.39 is 17.8 Å². The molecule has 29 heavy (non-hydrogen) atoms. The van der Waals surface area contributed by atoms with Crippen molar-refractivity contribution in [2.24, 2.45) is 23.7 Å². The fourth-order valence-electron chi connectivity index (χ4n) is 5.03.